The number of phosphoric acid groups is 1. The maximum absolute atomic E-state index is 13.3. The second-order valence-corrected chi connectivity index (χ2v) is 14.9. The van der Waals surface area contributed by atoms with E-state index in [2.05, 4.69) is 21.0 Å². The van der Waals surface area contributed by atoms with E-state index >= 15 is 0 Å². The van der Waals surface area contributed by atoms with Crippen LogP contribution in [0.1, 0.15) is 128 Å². The van der Waals surface area contributed by atoms with Gasteiger partial charge in [0.2, 0.25) is 6.23 Å². The van der Waals surface area contributed by atoms with Gasteiger partial charge in [0.1, 0.15) is 12.2 Å². The maximum atomic E-state index is 13.3. The van der Waals surface area contributed by atoms with Crippen LogP contribution in [-0.4, -0.2) is 63.4 Å². The molecular formula is C35H63NO6P+. The van der Waals surface area contributed by atoms with Crippen LogP contribution in [0.5, 0.6) is 0 Å². The number of quaternary nitrogens is 1. The Kier molecular flexibility index (Phi) is 18.0. The minimum Gasteiger partial charge on any atom is -0.379 e. The molecule has 0 saturated carbocycles. The number of ether oxygens (including phenoxy) is 2. The van der Waals surface area contributed by atoms with E-state index in [9.17, 15) is 4.57 Å². The molecule has 43 heavy (non-hydrogen) atoms. The van der Waals surface area contributed by atoms with Crippen molar-refractivity contribution in [2.45, 2.75) is 148 Å². The molecule has 2 saturated heterocycles. The van der Waals surface area contributed by atoms with Gasteiger partial charge in [-0.3, -0.25) is 9.05 Å². The molecule has 1 aromatic rings. The number of unbranched alkanes of at least 4 members (excludes halogenated alkanes) is 15. The molecule has 2 aliphatic heterocycles. The molecule has 248 valence electrons. The standard InChI is InChI=1S/C35H63NO6P/c1-4-5-6-7-8-9-10-11-12-13-14-15-16-17-18-22-28-38-30-33(39-29-32-24-20-19-21-25-32)31-40-43(37)41-34-26-23-27-36(2,3)35(34)42-43/h19-21,24-25,33-35H,4-18,22-23,26-31H2,1-3H3/q+1. The summed E-state index contributed by atoms with van der Waals surface area (Å²) in [6.07, 6.45) is 22.7. The van der Waals surface area contributed by atoms with Crippen molar-refractivity contribution in [1.82, 2.24) is 0 Å². The van der Waals surface area contributed by atoms with Gasteiger partial charge in [0, 0.05) is 6.61 Å². The lowest BCUT2D eigenvalue weighted by Crippen LogP contribution is -2.56. The smallest absolute Gasteiger partial charge is 0.379 e. The van der Waals surface area contributed by atoms with E-state index in [1.54, 1.807) is 0 Å². The first-order chi connectivity index (χ1) is 20.9. The number of nitrogens with zero attached hydrogens (tertiary/aromatic N) is 1. The van der Waals surface area contributed by atoms with Crippen LogP contribution < -0.4 is 0 Å². The van der Waals surface area contributed by atoms with E-state index in [0.29, 0.717) is 24.3 Å². The molecule has 0 amide bonds. The molecule has 2 fully saturated rings. The first kappa shape index (κ1) is 36.7. The van der Waals surface area contributed by atoms with E-state index in [0.717, 1.165) is 31.4 Å². The zero-order valence-electron chi connectivity index (χ0n) is 27.7. The summed E-state index contributed by atoms with van der Waals surface area (Å²) in [6.45, 7) is 4.89. The van der Waals surface area contributed by atoms with Crippen molar-refractivity contribution in [2.24, 2.45) is 0 Å². The van der Waals surface area contributed by atoms with Gasteiger partial charge in [0.15, 0.2) is 0 Å². The minimum absolute atomic E-state index is 0.107. The van der Waals surface area contributed by atoms with Gasteiger partial charge in [0.25, 0.3) is 0 Å². The molecule has 0 aromatic heterocycles. The Bertz CT molecular complexity index is 884. The molecule has 4 atom stereocenters. The van der Waals surface area contributed by atoms with Crippen molar-refractivity contribution in [3.63, 3.8) is 0 Å². The monoisotopic (exact) mass is 624 g/mol. The Morgan fingerprint density at radius 3 is 1.98 bits per heavy atom. The first-order valence-corrected chi connectivity index (χ1v) is 19.1. The fourth-order valence-corrected chi connectivity index (χ4v) is 7.89. The number of piperidine rings is 1. The maximum Gasteiger partial charge on any atom is 0.480 e. The highest BCUT2D eigenvalue weighted by Crippen LogP contribution is 2.60. The molecule has 0 radical (unpaired) electrons. The highest BCUT2D eigenvalue weighted by atomic mass is 31.2. The quantitative estimate of drug-likeness (QED) is 0.0613. The second kappa shape index (κ2) is 21.1. The van der Waals surface area contributed by atoms with Gasteiger partial charge in [-0.1, -0.05) is 134 Å². The molecule has 3 rings (SSSR count). The van der Waals surface area contributed by atoms with Gasteiger partial charge in [-0.25, -0.2) is 9.09 Å². The first-order valence-electron chi connectivity index (χ1n) is 17.6. The Hall–Kier alpha value is -0.790. The van der Waals surface area contributed by atoms with Gasteiger partial charge >= 0.3 is 7.82 Å². The van der Waals surface area contributed by atoms with Gasteiger partial charge in [0.05, 0.1) is 40.5 Å². The molecule has 2 aliphatic rings. The normalized spacial score (nSPS) is 23.8. The number of fused-ring (bicyclic) bond motifs is 1. The van der Waals surface area contributed by atoms with Crippen LogP contribution in [0, 0.1) is 0 Å². The van der Waals surface area contributed by atoms with Gasteiger partial charge in [-0.05, 0) is 24.8 Å². The summed E-state index contributed by atoms with van der Waals surface area (Å²) >= 11 is 0. The Balaban J connectivity index is 1.24. The van der Waals surface area contributed by atoms with Crippen molar-refractivity contribution in [3.8, 4) is 0 Å². The minimum atomic E-state index is -3.63. The lowest BCUT2D eigenvalue weighted by atomic mass is 10.0. The molecule has 8 heteroatoms. The van der Waals surface area contributed by atoms with Crippen molar-refractivity contribution < 1.29 is 32.1 Å². The van der Waals surface area contributed by atoms with E-state index in [1.165, 1.54) is 96.3 Å². The average Bonchev–Trinajstić information content (AvgIpc) is 3.36. The Morgan fingerprint density at radius 2 is 1.40 bits per heavy atom. The average molecular weight is 625 g/mol. The summed E-state index contributed by atoms with van der Waals surface area (Å²) in [5.41, 5.74) is 1.08. The summed E-state index contributed by atoms with van der Waals surface area (Å²) < 4.78 is 43.7. The highest BCUT2D eigenvalue weighted by Gasteiger charge is 2.55. The number of rotatable bonds is 25. The largest absolute Gasteiger partial charge is 0.480 e. The number of phosphoric ester groups is 1. The van der Waals surface area contributed by atoms with Gasteiger partial charge in [-0.15, -0.1) is 0 Å². The molecule has 0 bridgehead atoms. The number of benzene rings is 1. The number of hydrogen-bond donors (Lipinski definition) is 0. The molecule has 7 nitrogen and oxygen atoms in total. The predicted molar refractivity (Wildman–Crippen MR) is 175 cm³/mol. The van der Waals surface area contributed by atoms with Crippen molar-refractivity contribution >= 4 is 7.82 Å². The molecule has 0 aliphatic carbocycles. The van der Waals surface area contributed by atoms with Crippen LogP contribution in [-0.2, 0) is 34.2 Å². The van der Waals surface area contributed by atoms with Crippen LogP contribution in [0.25, 0.3) is 0 Å². The zero-order valence-corrected chi connectivity index (χ0v) is 28.6. The third kappa shape index (κ3) is 14.9. The number of likely N-dealkylation sites (N-methyl/N-ethyl adjacent to an activating group) is 1. The fraction of sp³-hybridized carbons (Fsp3) is 0.829. The van der Waals surface area contributed by atoms with Crippen LogP contribution in [0.4, 0.5) is 0 Å². The van der Waals surface area contributed by atoms with E-state index in [4.69, 9.17) is 23.0 Å². The van der Waals surface area contributed by atoms with E-state index < -0.39 is 7.82 Å². The van der Waals surface area contributed by atoms with Crippen molar-refractivity contribution in [3.05, 3.63) is 35.9 Å². The van der Waals surface area contributed by atoms with Crippen LogP contribution >= 0.6 is 7.82 Å². The van der Waals surface area contributed by atoms with Crippen LogP contribution in [0.2, 0.25) is 0 Å². The lowest BCUT2D eigenvalue weighted by molar-refractivity contribution is -0.939. The third-order valence-corrected chi connectivity index (χ3v) is 10.4. The van der Waals surface area contributed by atoms with Crippen LogP contribution in [0.15, 0.2) is 30.3 Å². The third-order valence-electron chi connectivity index (χ3n) is 8.92. The van der Waals surface area contributed by atoms with Crippen molar-refractivity contribution in [1.29, 1.82) is 0 Å². The molecule has 0 spiro atoms. The number of hydrogen-bond acceptors (Lipinski definition) is 6. The highest BCUT2D eigenvalue weighted by molar-refractivity contribution is 7.48. The zero-order chi connectivity index (χ0) is 30.6. The van der Waals surface area contributed by atoms with Crippen LogP contribution in [0.3, 0.4) is 0 Å². The summed E-state index contributed by atoms with van der Waals surface area (Å²) in [5, 5.41) is 0. The topological polar surface area (TPSA) is 63.2 Å². The molecule has 2 heterocycles. The molecule has 0 N–H and O–H groups in total. The predicted octanol–water partition coefficient (Wildman–Crippen LogP) is 9.59. The summed E-state index contributed by atoms with van der Waals surface area (Å²) in [7, 11) is 0.548. The molecular weight excluding hydrogens is 561 g/mol. The number of likely N-dealkylation sites (tertiary alicyclic amines) is 1. The van der Waals surface area contributed by atoms with E-state index in [-0.39, 0.29) is 25.0 Å². The second-order valence-electron chi connectivity index (χ2n) is 13.3. The van der Waals surface area contributed by atoms with E-state index in [1.807, 2.05) is 30.3 Å². The van der Waals surface area contributed by atoms with Crippen molar-refractivity contribution in [2.75, 3.05) is 40.5 Å². The van der Waals surface area contributed by atoms with Gasteiger partial charge in [-0.2, -0.15) is 0 Å². The molecule has 4 unspecified atom stereocenters. The Morgan fingerprint density at radius 1 is 0.814 bits per heavy atom. The SMILES string of the molecule is CCCCCCCCCCCCCCCCCCOCC(COP1(=O)OC2CCC[N+](C)(C)C2O1)OCc1ccccc1. The fourth-order valence-electron chi connectivity index (χ4n) is 6.18. The van der Waals surface area contributed by atoms with Gasteiger partial charge < -0.3 is 14.0 Å². The summed E-state index contributed by atoms with van der Waals surface area (Å²) in [6, 6.07) is 10.1. The summed E-state index contributed by atoms with van der Waals surface area (Å²) in [5.74, 6) is 0. The summed E-state index contributed by atoms with van der Waals surface area (Å²) in [4.78, 5) is 0. The Labute approximate surface area is 263 Å². The molecule has 1 aromatic carbocycles. The lowest BCUT2D eigenvalue weighted by Gasteiger charge is -2.39.